The van der Waals surface area contributed by atoms with Crippen molar-refractivity contribution in [1.82, 2.24) is 5.32 Å². The molecule has 8 heteroatoms. The first-order valence-electron chi connectivity index (χ1n) is 9.60. The van der Waals surface area contributed by atoms with Crippen LogP contribution < -0.4 is 15.0 Å². The van der Waals surface area contributed by atoms with Gasteiger partial charge in [-0.3, -0.25) is 4.79 Å². The molecule has 32 heavy (non-hydrogen) atoms. The number of benzene rings is 2. The van der Waals surface area contributed by atoms with E-state index in [9.17, 15) is 23.2 Å². The van der Waals surface area contributed by atoms with Crippen LogP contribution in [0.1, 0.15) is 23.6 Å². The molecule has 0 saturated heterocycles. The minimum Gasteiger partial charge on any atom is -0.406 e. The Labute approximate surface area is 185 Å². The predicted octanol–water partition coefficient (Wildman–Crippen LogP) is 4.69. The first-order valence-corrected chi connectivity index (χ1v) is 9.60. The average molecular weight is 441 g/mol. The van der Waals surface area contributed by atoms with Crippen molar-refractivity contribution in [3.8, 4) is 34.9 Å². The fourth-order valence-corrected chi connectivity index (χ4v) is 3.32. The maximum Gasteiger partial charge on any atom is 0.573 e. The number of alkyl halides is 3. The summed E-state index contributed by atoms with van der Waals surface area (Å²) in [6.07, 6.45) is -3.25. The van der Waals surface area contributed by atoms with E-state index in [4.69, 9.17) is 0 Å². The number of nitrogens with zero attached hydrogens (tertiary/aromatic N) is 2. The van der Waals surface area contributed by atoms with Gasteiger partial charge in [-0.25, -0.2) is 0 Å². The van der Waals surface area contributed by atoms with Crippen molar-refractivity contribution in [3.63, 3.8) is 0 Å². The minimum atomic E-state index is -4.77. The highest BCUT2D eigenvalue weighted by molar-refractivity contribution is 5.87. The van der Waals surface area contributed by atoms with E-state index in [1.165, 1.54) is 24.3 Å². The molecule has 0 spiro atoms. The number of nitriles is 1. The van der Waals surface area contributed by atoms with Crippen LogP contribution in [0.3, 0.4) is 0 Å². The highest BCUT2D eigenvalue weighted by atomic mass is 19.4. The summed E-state index contributed by atoms with van der Waals surface area (Å²) in [7, 11) is 1.73. The zero-order chi connectivity index (χ0) is 23.9. The van der Waals surface area contributed by atoms with E-state index < -0.39 is 6.36 Å². The first-order chi connectivity index (χ1) is 15.1. The second-order valence-corrected chi connectivity index (χ2v) is 6.78. The van der Waals surface area contributed by atoms with Crippen molar-refractivity contribution in [2.45, 2.75) is 26.6 Å². The predicted molar refractivity (Wildman–Crippen MR) is 117 cm³/mol. The molecule has 0 aliphatic heterocycles. The SMILES string of the molecule is C=CC(=O)NCCc1cc(-c2ccc(OC(F)(F)F)cc2)c(C)c(N(C)C#CC)c1C#N. The second-order valence-electron chi connectivity index (χ2n) is 6.78. The molecule has 2 aromatic rings. The number of amides is 1. The summed E-state index contributed by atoms with van der Waals surface area (Å²) in [5, 5.41) is 12.5. The highest BCUT2D eigenvalue weighted by Crippen LogP contribution is 2.37. The molecule has 0 atom stereocenters. The molecule has 0 fully saturated rings. The summed E-state index contributed by atoms with van der Waals surface area (Å²) >= 11 is 0. The monoisotopic (exact) mass is 441 g/mol. The van der Waals surface area contributed by atoms with Gasteiger partial charge in [0.05, 0.1) is 11.3 Å². The van der Waals surface area contributed by atoms with Gasteiger partial charge in [0.15, 0.2) is 0 Å². The molecule has 0 heterocycles. The molecule has 0 aromatic heterocycles. The van der Waals surface area contributed by atoms with Crippen molar-refractivity contribution < 1.29 is 22.7 Å². The summed E-state index contributed by atoms with van der Waals surface area (Å²) in [6.45, 7) is 7.18. The van der Waals surface area contributed by atoms with Crippen LogP contribution in [0.5, 0.6) is 5.75 Å². The van der Waals surface area contributed by atoms with Crippen LogP contribution in [-0.2, 0) is 11.2 Å². The van der Waals surface area contributed by atoms with Gasteiger partial charge >= 0.3 is 6.36 Å². The third kappa shape index (κ3) is 6.05. The Bertz CT molecular complexity index is 1110. The molecule has 0 aliphatic rings. The Morgan fingerprint density at radius 1 is 1.31 bits per heavy atom. The third-order valence-corrected chi connectivity index (χ3v) is 4.64. The average Bonchev–Trinajstić information content (AvgIpc) is 2.73. The van der Waals surface area contributed by atoms with Crippen LogP contribution in [0.2, 0.25) is 0 Å². The number of carbonyl (C=O) groups excluding carboxylic acids is 1. The standard InChI is InChI=1S/C24H22F3N3O2/c1-5-13-30(4)23-16(3)20(17-7-9-19(10-8-17)32-24(25,26)27)14-18(21(23)15-28)11-12-29-22(31)6-2/h6-10,14H,2,11-12H2,1,3-4H3,(H,29,31). The minimum absolute atomic E-state index is 0.281. The topological polar surface area (TPSA) is 65.4 Å². The molecule has 2 rings (SSSR count). The van der Waals surface area contributed by atoms with Crippen LogP contribution in [0.25, 0.3) is 11.1 Å². The molecular weight excluding hydrogens is 419 g/mol. The lowest BCUT2D eigenvalue weighted by molar-refractivity contribution is -0.274. The number of ether oxygens (including phenoxy) is 1. The number of carbonyl (C=O) groups is 1. The summed E-state index contributed by atoms with van der Waals surface area (Å²) in [5.41, 5.74) is 3.81. The fourth-order valence-electron chi connectivity index (χ4n) is 3.32. The highest BCUT2D eigenvalue weighted by Gasteiger charge is 2.31. The van der Waals surface area contributed by atoms with Gasteiger partial charge in [0.25, 0.3) is 0 Å². The van der Waals surface area contributed by atoms with Crippen LogP contribution in [0, 0.1) is 30.2 Å². The van der Waals surface area contributed by atoms with Gasteiger partial charge in [0, 0.05) is 19.6 Å². The Hall–Kier alpha value is -3.91. The number of halogens is 3. The van der Waals surface area contributed by atoms with E-state index in [0.29, 0.717) is 28.8 Å². The van der Waals surface area contributed by atoms with Crippen molar-refractivity contribution in [2.75, 3.05) is 18.5 Å². The van der Waals surface area contributed by atoms with Crippen LogP contribution >= 0.6 is 0 Å². The van der Waals surface area contributed by atoms with Gasteiger partial charge in [-0.2, -0.15) is 5.26 Å². The lowest BCUT2D eigenvalue weighted by Crippen LogP contribution is -2.24. The van der Waals surface area contributed by atoms with Crippen molar-refractivity contribution >= 4 is 11.6 Å². The summed E-state index contributed by atoms with van der Waals surface area (Å²) in [6, 6.07) is 12.5. The molecule has 0 aliphatic carbocycles. The molecule has 0 unspecified atom stereocenters. The number of nitrogens with one attached hydrogen (secondary N) is 1. The van der Waals surface area contributed by atoms with Crippen LogP contribution in [0.4, 0.5) is 18.9 Å². The Morgan fingerprint density at radius 3 is 2.50 bits per heavy atom. The van der Waals surface area contributed by atoms with Crippen molar-refractivity contribution in [2.24, 2.45) is 0 Å². The van der Waals surface area contributed by atoms with E-state index in [-0.39, 0.29) is 18.2 Å². The summed E-state index contributed by atoms with van der Waals surface area (Å²) in [4.78, 5) is 13.1. The van der Waals surface area contributed by atoms with Gasteiger partial charge in [-0.05, 0) is 66.8 Å². The van der Waals surface area contributed by atoms with E-state index in [2.05, 4.69) is 34.7 Å². The smallest absolute Gasteiger partial charge is 0.406 e. The maximum atomic E-state index is 12.5. The van der Waals surface area contributed by atoms with Gasteiger partial charge in [0.1, 0.15) is 11.8 Å². The van der Waals surface area contributed by atoms with E-state index >= 15 is 0 Å². The normalized spacial score (nSPS) is 10.4. The quantitative estimate of drug-likeness (QED) is 0.385. The molecule has 2 aromatic carbocycles. The van der Waals surface area contributed by atoms with Gasteiger partial charge in [0.2, 0.25) is 5.91 Å². The Morgan fingerprint density at radius 2 is 1.97 bits per heavy atom. The molecule has 0 radical (unpaired) electrons. The molecule has 1 amide bonds. The zero-order valence-electron chi connectivity index (χ0n) is 17.9. The number of anilines is 1. The van der Waals surface area contributed by atoms with Crippen molar-refractivity contribution in [1.29, 1.82) is 5.26 Å². The zero-order valence-corrected chi connectivity index (χ0v) is 17.9. The fraction of sp³-hybridized carbons (Fsp3) is 0.250. The van der Waals surface area contributed by atoms with Gasteiger partial charge in [-0.15, -0.1) is 13.2 Å². The largest absolute Gasteiger partial charge is 0.573 e. The number of hydrogen-bond acceptors (Lipinski definition) is 4. The maximum absolute atomic E-state index is 12.5. The summed E-state index contributed by atoms with van der Waals surface area (Å²) in [5.74, 6) is 2.14. The summed E-state index contributed by atoms with van der Waals surface area (Å²) < 4.78 is 41.4. The van der Waals surface area contributed by atoms with E-state index in [0.717, 1.165) is 17.2 Å². The molecule has 1 N–H and O–H groups in total. The van der Waals surface area contributed by atoms with Gasteiger partial charge < -0.3 is 15.0 Å². The third-order valence-electron chi connectivity index (χ3n) is 4.64. The Balaban J connectivity index is 2.58. The molecular formula is C24H22F3N3O2. The molecule has 0 saturated carbocycles. The molecule has 166 valence electrons. The molecule has 5 nitrogen and oxygen atoms in total. The van der Waals surface area contributed by atoms with E-state index in [1.807, 2.05) is 13.0 Å². The number of hydrogen-bond donors (Lipinski definition) is 1. The lowest BCUT2D eigenvalue weighted by Gasteiger charge is -2.22. The first kappa shape index (κ1) is 24.4. The van der Waals surface area contributed by atoms with Crippen molar-refractivity contribution in [3.05, 3.63) is 59.7 Å². The Kier molecular flexibility index (Phi) is 7.92. The number of rotatable bonds is 7. The van der Waals surface area contributed by atoms with Gasteiger partial charge in [-0.1, -0.05) is 24.6 Å². The van der Waals surface area contributed by atoms with Crippen LogP contribution in [0.15, 0.2) is 43.0 Å². The molecule has 0 bridgehead atoms. The van der Waals surface area contributed by atoms with Crippen LogP contribution in [-0.4, -0.2) is 25.9 Å². The second kappa shape index (κ2) is 10.4. The van der Waals surface area contributed by atoms with E-state index in [1.54, 1.807) is 18.9 Å². The lowest BCUT2D eigenvalue weighted by atomic mass is 9.91.